The van der Waals surface area contributed by atoms with Crippen molar-refractivity contribution in [1.29, 1.82) is 0 Å². The molecule has 1 aliphatic rings. The van der Waals surface area contributed by atoms with E-state index in [1.165, 1.54) is 5.56 Å². The van der Waals surface area contributed by atoms with E-state index in [0.717, 1.165) is 38.4 Å². The number of piperidine rings is 1. The Morgan fingerprint density at radius 3 is 2.79 bits per heavy atom. The van der Waals surface area contributed by atoms with E-state index in [4.69, 9.17) is 4.74 Å². The highest BCUT2D eigenvalue weighted by Crippen LogP contribution is 2.19. The number of likely N-dealkylation sites (tertiary alicyclic amines) is 1. The van der Waals surface area contributed by atoms with Crippen LogP contribution in [-0.2, 0) is 11.3 Å². The van der Waals surface area contributed by atoms with Gasteiger partial charge in [-0.05, 0) is 32.3 Å². The molecule has 0 bridgehead atoms. The Hall–Kier alpha value is -1.59. The van der Waals surface area contributed by atoms with Crippen molar-refractivity contribution in [2.24, 2.45) is 4.99 Å². The van der Waals surface area contributed by atoms with Crippen molar-refractivity contribution in [1.82, 2.24) is 15.5 Å². The molecule has 5 heteroatoms. The molecule has 0 amide bonds. The van der Waals surface area contributed by atoms with Gasteiger partial charge in [-0.2, -0.15) is 0 Å². The minimum Gasteiger partial charge on any atom is -0.383 e. The van der Waals surface area contributed by atoms with Crippen LogP contribution < -0.4 is 10.6 Å². The van der Waals surface area contributed by atoms with E-state index < -0.39 is 0 Å². The molecule has 134 valence electrons. The number of benzene rings is 1. The van der Waals surface area contributed by atoms with E-state index in [2.05, 4.69) is 64.7 Å². The Balaban J connectivity index is 1.83. The Labute approximate surface area is 146 Å². The zero-order chi connectivity index (χ0) is 17.2. The van der Waals surface area contributed by atoms with Crippen LogP contribution in [0.15, 0.2) is 35.3 Å². The Bertz CT molecular complexity index is 491. The van der Waals surface area contributed by atoms with Crippen molar-refractivity contribution in [3.63, 3.8) is 0 Å². The van der Waals surface area contributed by atoms with Crippen LogP contribution in [0.3, 0.4) is 0 Å². The number of rotatable bonds is 7. The third kappa shape index (κ3) is 6.13. The molecule has 2 N–H and O–H groups in total. The SMILES string of the molecule is CCNC(=NCCOC)NC1CCN(Cc2ccccc2)C(C)C1. The number of nitrogens with one attached hydrogen (secondary N) is 2. The summed E-state index contributed by atoms with van der Waals surface area (Å²) < 4.78 is 5.08. The summed E-state index contributed by atoms with van der Waals surface area (Å²) in [6, 6.07) is 11.8. The van der Waals surface area contributed by atoms with Crippen LogP contribution in [0.2, 0.25) is 0 Å². The molecule has 2 rings (SSSR count). The summed E-state index contributed by atoms with van der Waals surface area (Å²) in [6.07, 6.45) is 2.29. The molecule has 0 aromatic heterocycles. The molecular formula is C19H32N4O. The molecule has 24 heavy (non-hydrogen) atoms. The highest BCUT2D eigenvalue weighted by atomic mass is 16.5. The minimum atomic E-state index is 0.479. The highest BCUT2D eigenvalue weighted by Gasteiger charge is 2.25. The number of aliphatic imine (C=N–C) groups is 1. The third-order valence-corrected chi connectivity index (χ3v) is 4.49. The quantitative estimate of drug-likeness (QED) is 0.457. The first-order valence-electron chi connectivity index (χ1n) is 9.04. The standard InChI is InChI=1S/C19H32N4O/c1-4-20-19(21-11-13-24-3)22-18-10-12-23(16(2)14-18)15-17-8-6-5-7-9-17/h5-9,16,18H,4,10-15H2,1-3H3,(H2,20,21,22). The predicted octanol–water partition coefficient (Wildman–Crippen LogP) is 2.24. The Morgan fingerprint density at radius 2 is 2.12 bits per heavy atom. The lowest BCUT2D eigenvalue weighted by Gasteiger charge is -2.38. The maximum absolute atomic E-state index is 5.08. The topological polar surface area (TPSA) is 48.9 Å². The van der Waals surface area contributed by atoms with Gasteiger partial charge >= 0.3 is 0 Å². The first kappa shape index (κ1) is 18.7. The van der Waals surface area contributed by atoms with Gasteiger partial charge in [0.05, 0.1) is 13.2 Å². The molecule has 1 fully saturated rings. The van der Waals surface area contributed by atoms with Crippen molar-refractivity contribution in [3.05, 3.63) is 35.9 Å². The van der Waals surface area contributed by atoms with Gasteiger partial charge in [0.25, 0.3) is 0 Å². The minimum absolute atomic E-state index is 0.479. The summed E-state index contributed by atoms with van der Waals surface area (Å²) in [5.41, 5.74) is 1.39. The molecule has 0 aliphatic carbocycles. The normalized spacial score (nSPS) is 22.4. The van der Waals surface area contributed by atoms with Crippen molar-refractivity contribution in [2.75, 3.05) is 33.4 Å². The second-order valence-corrected chi connectivity index (χ2v) is 6.42. The van der Waals surface area contributed by atoms with E-state index in [9.17, 15) is 0 Å². The zero-order valence-corrected chi connectivity index (χ0v) is 15.3. The number of methoxy groups -OCH3 is 1. The van der Waals surface area contributed by atoms with Crippen molar-refractivity contribution < 1.29 is 4.74 Å². The largest absolute Gasteiger partial charge is 0.383 e. The average Bonchev–Trinajstić information content (AvgIpc) is 2.59. The third-order valence-electron chi connectivity index (χ3n) is 4.49. The van der Waals surface area contributed by atoms with Crippen LogP contribution >= 0.6 is 0 Å². The summed E-state index contributed by atoms with van der Waals surface area (Å²) in [7, 11) is 1.71. The van der Waals surface area contributed by atoms with E-state index >= 15 is 0 Å². The van der Waals surface area contributed by atoms with Gasteiger partial charge < -0.3 is 15.4 Å². The Kier molecular flexibility index (Phi) is 8.05. The molecular weight excluding hydrogens is 300 g/mol. The van der Waals surface area contributed by atoms with Crippen LogP contribution in [-0.4, -0.2) is 56.3 Å². The van der Waals surface area contributed by atoms with Gasteiger partial charge in [0.15, 0.2) is 5.96 Å². The molecule has 0 spiro atoms. The number of guanidine groups is 1. The van der Waals surface area contributed by atoms with Gasteiger partial charge in [-0.1, -0.05) is 30.3 Å². The van der Waals surface area contributed by atoms with Crippen LogP contribution in [0.1, 0.15) is 32.3 Å². The molecule has 2 atom stereocenters. The molecule has 1 aliphatic heterocycles. The maximum Gasteiger partial charge on any atom is 0.191 e. The van der Waals surface area contributed by atoms with Crippen LogP contribution in [0.4, 0.5) is 0 Å². The van der Waals surface area contributed by atoms with E-state index in [1.54, 1.807) is 7.11 Å². The van der Waals surface area contributed by atoms with Gasteiger partial charge in [-0.25, -0.2) is 0 Å². The van der Waals surface area contributed by atoms with Gasteiger partial charge in [-0.15, -0.1) is 0 Å². The molecule has 1 aromatic rings. The van der Waals surface area contributed by atoms with Crippen molar-refractivity contribution in [3.8, 4) is 0 Å². The van der Waals surface area contributed by atoms with Crippen molar-refractivity contribution >= 4 is 5.96 Å². The monoisotopic (exact) mass is 332 g/mol. The van der Waals surface area contributed by atoms with E-state index in [0.29, 0.717) is 25.2 Å². The maximum atomic E-state index is 5.08. The second-order valence-electron chi connectivity index (χ2n) is 6.42. The van der Waals surface area contributed by atoms with E-state index in [1.807, 2.05) is 0 Å². The van der Waals surface area contributed by atoms with Gasteiger partial charge in [0.2, 0.25) is 0 Å². The molecule has 0 radical (unpaired) electrons. The number of nitrogens with zero attached hydrogens (tertiary/aromatic N) is 2. The first-order valence-corrected chi connectivity index (χ1v) is 9.04. The smallest absolute Gasteiger partial charge is 0.191 e. The summed E-state index contributed by atoms with van der Waals surface area (Å²) in [5, 5.41) is 6.91. The fraction of sp³-hybridized carbons (Fsp3) is 0.632. The lowest BCUT2D eigenvalue weighted by molar-refractivity contribution is 0.134. The van der Waals surface area contributed by atoms with Gasteiger partial charge in [-0.3, -0.25) is 9.89 Å². The van der Waals surface area contributed by atoms with Crippen LogP contribution in [0.25, 0.3) is 0 Å². The fourth-order valence-electron chi connectivity index (χ4n) is 3.17. The van der Waals surface area contributed by atoms with Gasteiger partial charge in [0.1, 0.15) is 0 Å². The second kappa shape index (κ2) is 10.3. The van der Waals surface area contributed by atoms with E-state index in [-0.39, 0.29) is 0 Å². The Morgan fingerprint density at radius 1 is 1.33 bits per heavy atom. The number of ether oxygens (including phenoxy) is 1. The highest BCUT2D eigenvalue weighted by molar-refractivity contribution is 5.80. The van der Waals surface area contributed by atoms with Crippen LogP contribution in [0.5, 0.6) is 0 Å². The molecule has 0 saturated carbocycles. The van der Waals surface area contributed by atoms with Crippen LogP contribution in [0, 0.1) is 0 Å². The lowest BCUT2D eigenvalue weighted by atomic mass is 9.97. The van der Waals surface area contributed by atoms with Gasteiger partial charge in [0, 0.05) is 38.8 Å². The molecule has 1 heterocycles. The molecule has 2 unspecified atom stereocenters. The van der Waals surface area contributed by atoms with Crippen molar-refractivity contribution in [2.45, 2.75) is 45.3 Å². The number of hydrogen-bond donors (Lipinski definition) is 2. The predicted molar refractivity (Wildman–Crippen MR) is 100 cm³/mol. The molecule has 1 aromatic carbocycles. The summed E-state index contributed by atoms with van der Waals surface area (Å²) in [4.78, 5) is 7.14. The first-order chi connectivity index (χ1) is 11.7. The lowest BCUT2D eigenvalue weighted by Crippen LogP contribution is -2.51. The summed E-state index contributed by atoms with van der Waals surface area (Å²) in [5.74, 6) is 0.906. The summed E-state index contributed by atoms with van der Waals surface area (Å²) >= 11 is 0. The summed E-state index contributed by atoms with van der Waals surface area (Å²) in [6.45, 7) is 8.80. The molecule has 1 saturated heterocycles. The number of hydrogen-bond acceptors (Lipinski definition) is 3. The molecule has 5 nitrogen and oxygen atoms in total. The zero-order valence-electron chi connectivity index (χ0n) is 15.3. The average molecular weight is 332 g/mol. The fourth-order valence-corrected chi connectivity index (χ4v) is 3.17.